The first kappa shape index (κ1) is 13.7. The van der Waals surface area contributed by atoms with Gasteiger partial charge >= 0.3 is 0 Å². The molecule has 0 radical (unpaired) electrons. The minimum atomic E-state index is 0.486. The molecule has 0 spiro atoms. The van der Waals surface area contributed by atoms with Crippen LogP contribution in [0, 0.1) is 0 Å². The maximum Gasteiger partial charge on any atom is 0.208 e. The van der Waals surface area contributed by atoms with E-state index in [1.165, 1.54) is 57.8 Å². The third kappa shape index (κ3) is 3.37. The Kier molecular flexibility index (Phi) is 5.29. The first-order valence-corrected chi connectivity index (χ1v) is 7.66. The van der Waals surface area contributed by atoms with Crippen molar-refractivity contribution in [3.8, 4) is 0 Å². The SMILES string of the molecule is CCN(C(=NC1CCCCC1)NN)C1CCCC1. The van der Waals surface area contributed by atoms with E-state index in [4.69, 9.17) is 10.8 Å². The summed E-state index contributed by atoms with van der Waals surface area (Å²) in [5.74, 6) is 6.64. The number of hydrazine groups is 1. The molecule has 0 amide bonds. The Morgan fingerprint density at radius 3 is 2.28 bits per heavy atom. The second-order valence-electron chi connectivity index (χ2n) is 5.61. The summed E-state index contributed by atoms with van der Waals surface area (Å²) >= 11 is 0. The molecule has 0 aliphatic heterocycles. The minimum Gasteiger partial charge on any atom is -0.339 e. The van der Waals surface area contributed by atoms with E-state index in [2.05, 4.69) is 17.2 Å². The van der Waals surface area contributed by atoms with Crippen molar-refractivity contribution >= 4 is 5.96 Å². The number of nitrogens with two attached hydrogens (primary N) is 1. The smallest absolute Gasteiger partial charge is 0.208 e. The van der Waals surface area contributed by atoms with Crippen LogP contribution in [-0.2, 0) is 0 Å². The summed E-state index contributed by atoms with van der Waals surface area (Å²) in [5, 5.41) is 0. The van der Waals surface area contributed by atoms with Gasteiger partial charge in [0.2, 0.25) is 5.96 Å². The highest BCUT2D eigenvalue weighted by Gasteiger charge is 2.24. The molecule has 2 aliphatic rings. The molecule has 0 aromatic rings. The van der Waals surface area contributed by atoms with E-state index in [1.54, 1.807) is 0 Å². The van der Waals surface area contributed by atoms with Crippen molar-refractivity contribution in [2.24, 2.45) is 10.8 Å². The van der Waals surface area contributed by atoms with Gasteiger partial charge in [-0.25, -0.2) is 10.8 Å². The molecular formula is C14H28N4. The van der Waals surface area contributed by atoms with Gasteiger partial charge in [0.25, 0.3) is 0 Å². The monoisotopic (exact) mass is 252 g/mol. The highest BCUT2D eigenvalue weighted by Crippen LogP contribution is 2.25. The highest BCUT2D eigenvalue weighted by atomic mass is 15.4. The average molecular weight is 252 g/mol. The van der Waals surface area contributed by atoms with E-state index < -0.39 is 0 Å². The lowest BCUT2D eigenvalue weighted by molar-refractivity contribution is 0.313. The van der Waals surface area contributed by atoms with Crippen LogP contribution in [0.3, 0.4) is 0 Å². The van der Waals surface area contributed by atoms with Crippen molar-refractivity contribution in [3.63, 3.8) is 0 Å². The van der Waals surface area contributed by atoms with E-state index >= 15 is 0 Å². The molecule has 0 heterocycles. The standard InChI is InChI=1S/C14H28N4/c1-2-18(13-10-6-7-11-13)14(17-15)16-12-8-4-3-5-9-12/h12-13H,2-11,15H2,1H3,(H,16,17). The Bertz CT molecular complexity index is 265. The fourth-order valence-electron chi connectivity index (χ4n) is 3.37. The quantitative estimate of drug-likeness (QED) is 0.351. The zero-order chi connectivity index (χ0) is 12.8. The highest BCUT2D eigenvalue weighted by molar-refractivity contribution is 5.80. The predicted molar refractivity (Wildman–Crippen MR) is 76.3 cm³/mol. The van der Waals surface area contributed by atoms with Gasteiger partial charge in [-0.3, -0.25) is 5.43 Å². The van der Waals surface area contributed by atoms with Crippen molar-refractivity contribution in [1.82, 2.24) is 10.3 Å². The lowest BCUT2D eigenvalue weighted by Crippen LogP contribution is -2.49. The van der Waals surface area contributed by atoms with Gasteiger partial charge < -0.3 is 4.90 Å². The third-order valence-electron chi connectivity index (χ3n) is 4.39. The van der Waals surface area contributed by atoms with Gasteiger partial charge in [-0.2, -0.15) is 0 Å². The van der Waals surface area contributed by atoms with Crippen LogP contribution in [0.5, 0.6) is 0 Å². The van der Waals surface area contributed by atoms with E-state index in [0.717, 1.165) is 12.5 Å². The lowest BCUT2D eigenvalue weighted by atomic mass is 9.96. The molecule has 4 nitrogen and oxygen atoms in total. The molecule has 2 aliphatic carbocycles. The molecule has 18 heavy (non-hydrogen) atoms. The maximum absolute atomic E-state index is 5.71. The van der Waals surface area contributed by atoms with Crippen molar-refractivity contribution < 1.29 is 0 Å². The number of nitrogens with zero attached hydrogens (tertiary/aromatic N) is 2. The van der Waals surface area contributed by atoms with Gasteiger partial charge in [-0.15, -0.1) is 0 Å². The summed E-state index contributed by atoms with van der Waals surface area (Å²) in [6.45, 7) is 3.20. The lowest BCUT2D eigenvalue weighted by Gasteiger charge is -2.31. The zero-order valence-electron chi connectivity index (χ0n) is 11.7. The summed E-state index contributed by atoms with van der Waals surface area (Å²) < 4.78 is 0. The van der Waals surface area contributed by atoms with Crippen molar-refractivity contribution in [2.45, 2.75) is 76.8 Å². The Morgan fingerprint density at radius 1 is 1.11 bits per heavy atom. The number of nitrogens with one attached hydrogen (secondary N) is 1. The van der Waals surface area contributed by atoms with Crippen molar-refractivity contribution in [2.75, 3.05) is 6.54 Å². The van der Waals surface area contributed by atoms with Gasteiger partial charge in [0.1, 0.15) is 0 Å². The number of rotatable bonds is 3. The Balaban J connectivity index is 2.01. The summed E-state index contributed by atoms with van der Waals surface area (Å²) in [6.07, 6.45) is 11.8. The van der Waals surface area contributed by atoms with Crippen LogP contribution in [-0.4, -0.2) is 29.5 Å². The van der Waals surface area contributed by atoms with Gasteiger partial charge in [-0.1, -0.05) is 32.1 Å². The molecular weight excluding hydrogens is 224 g/mol. The first-order valence-electron chi connectivity index (χ1n) is 7.66. The Morgan fingerprint density at radius 2 is 1.72 bits per heavy atom. The molecule has 0 atom stereocenters. The number of aliphatic imine (C=N–C) groups is 1. The molecule has 0 aromatic heterocycles. The van der Waals surface area contributed by atoms with Crippen LogP contribution in [0.15, 0.2) is 4.99 Å². The topological polar surface area (TPSA) is 53.6 Å². The summed E-state index contributed by atoms with van der Waals surface area (Å²) in [6, 6.07) is 1.13. The third-order valence-corrected chi connectivity index (χ3v) is 4.39. The average Bonchev–Trinajstić information content (AvgIpc) is 2.93. The summed E-state index contributed by atoms with van der Waals surface area (Å²) in [7, 11) is 0. The van der Waals surface area contributed by atoms with E-state index in [0.29, 0.717) is 12.1 Å². The predicted octanol–water partition coefficient (Wildman–Crippen LogP) is 2.40. The summed E-state index contributed by atoms with van der Waals surface area (Å²) in [5.41, 5.74) is 2.85. The van der Waals surface area contributed by atoms with E-state index in [1.807, 2.05) is 0 Å². The second-order valence-corrected chi connectivity index (χ2v) is 5.61. The molecule has 2 fully saturated rings. The number of hydrogen-bond acceptors (Lipinski definition) is 2. The van der Waals surface area contributed by atoms with Crippen molar-refractivity contribution in [1.29, 1.82) is 0 Å². The van der Waals surface area contributed by atoms with Crippen LogP contribution in [0.25, 0.3) is 0 Å². The maximum atomic E-state index is 5.71. The Labute approximate surface area is 111 Å². The molecule has 0 unspecified atom stereocenters. The van der Waals surface area contributed by atoms with Crippen LogP contribution < -0.4 is 11.3 Å². The van der Waals surface area contributed by atoms with Crippen LogP contribution in [0.1, 0.15) is 64.7 Å². The fraction of sp³-hybridized carbons (Fsp3) is 0.929. The number of guanidine groups is 1. The molecule has 104 valence electrons. The molecule has 0 saturated heterocycles. The Hall–Kier alpha value is -0.770. The molecule has 2 saturated carbocycles. The van der Waals surface area contributed by atoms with Gasteiger partial charge in [0.15, 0.2) is 0 Å². The van der Waals surface area contributed by atoms with Crippen LogP contribution in [0.4, 0.5) is 0 Å². The molecule has 0 aromatic carbocycles. The van der Waals surface area contributed by atoms with E-state index in [-0.39, 0.29) is 0 Å². The zero-order valence-corrected chi connectivity index (χ0v) is 11.7. The van der Waals surface area contributed by atoms with Gasteiger partial charge in [0.05, 0.1) is 6.04 Å². The van der Waals surface area contributed by atoms with Crippen LogP contribution >= 0.6 is 0 Å². The second kappa shape index (κ2) is 6.98. The van der Waals surface area contributed by atoms with E-state index in [9.17, 15) is 0 Å². The normalized spacial score (nSPS) is 23.3. The minimum absolute atomic E-state index is 0.486. The van der Waals surface area contributed by atoms with Crippen molar-refractivity contribution in [3.05, 3.63) is 0 Å². The largest absolute Gasteiger partial charge is 0.339 e. The molecule has 4 heteroatoms. The fourth-order valence-corrected chi connectivity index (χ4v) is 3.37. The molecule has 0 bridgehead atoms. The molecule has 3 N–H and O–H groups in total. The van der Waals surface area contributed by atoms with Crippen LogP contribution in [0.2, 0.25) is 0 Å². The molecule has 2 rings (SSSR count). The van der Waals surface area contributed by atoms with Gasteiger partial charge in [0, 0.05) is 12.6 Å². The first-order chi connectivity index (χ1) is 8.85. The van der Waals surface area contributed by atoms with Gasteiger partial charge in [-0.05, 0) is 32.6 Å². The number of hydrogen-bond donors (Lipinski definition) is 2. The summed E-state index contributed by atoms with van der Waals surface area (Å²) in [4.78, 5) is 7.25.